The molecule has 0 fully saturated rings. The number of aryl methyl sites for hydroxylation is 1. The highest BCUT2D eigenvalue weighted by atomic mass is 32.1. The fourth-order valence-corrected chi connectivity index (χ4v) is 3.06. The average Bonchev–Trinajstić information content (AvgIpc) is 2.95. The molecule has 1 atom stereocenters. The van der Waals surface area contributed by atoms with Gasteiger partial charge in [-0.2, -0.15) is 0 Å². The first kappa shape index (κ1) is 13.1. The minimum Gasteiger partial charge on any atom is -0.311 e. The van der Waals surface area contributed by atoms with Crippen molar-refractivity contribution in [2.45, 2.75) is 19.9 Å². The quantitative estimate of drug-likeness (QED) is 0.801. The molecule has 1 aromatic carbocycles. The molecule has 1 N–H and O–H groups in total. The largest absolute Gasteiger partial charge is 0.311 e. The molecule has 0 aliphatic carbocycles. The molecule has 4 nitrogen and oxygen atoms in total. The lowest BCUT2D eigenvalue weighted by atomic mass is 10.1. The maximum absolute atomic E-state index is 4.56. The molecule has 2 aromatic heterocycles. The van der Waals surface area contributed by atoms with Crippen LogP contribution in [0.25, 0.3) is 21.5 Å². The van der Waals surface area contributed by atoms with E-state index in [4.69, 9.17) is 0 Å². The van der Waals surface area contributed by atoms with E-state index in [1.807, 2.05) is 32.2 Å². The number of fused-ring (bicyclic) bond motifs is 1. The summed E-state index contributed by atoms with van der Waals surface area (Å²) in [5.74, 6) is 0. The topological polar surface area (TPSA) is 50.7 Å². The van der Waals surface area contributed by atoms with Crippen molar-refractivity contribution in [2.75, 3.05) is 7.05 Å². The first-order valence-corrected chi connectivity index (χ1v) is 7.38. The Hall–Kier alpha value is -1.85. The summed E-state index contributed by atoms with van der Waals surface area (Å²) in [5, 5.41) is 14.9. The van der Waals surface area contributed by atoms with Gasteiger partial charge in [-0.15, -0.1) is 10.2 Å². The van der Waals surface area contributed by atoms with Crippen molar-refractivity contribution in [1.82, 2.24) is 20.5 Å². The molecule has 0 saturated carbocycles. The van der Waals surface area contributed by atoms with Gasteiger partial charge in [0.25, 0.3) is 0 Å². The van der Waals surface area contributed by atoms with Crippen LogP contribution in [0.15, 0.2) is 30.3 Å². The normalized spacial score (nSPS) is 12.8. The second kappa shape index (κ2) is 5.26. The zero-order valence-electron chi connectivity index (χ0n) is 11.7. The predicted octanol–water partition coefficient (Wildman–Crippen LogP) is 3.34. The Morgan fingerprint density at radius 3 is 2.80 bits per heavy atom. The number of benzene rings is 1. The van der Waals surface area contributed by atoms with Crippen molar-refractivity contribution < 1.29 is 0 Å². The van der Waals surface area contributed by atoms with E-state index in [0.717, 1.165) is 32.2 Å². The van der Waals surface area contributed by atoms with Crippen LogP contribution >= 0.6 is 11.3 Å². The smallest absolute Gasteiger partial charge is 0.148 e. The summed E-state index contributed by atoms with van der Waals surface area (Å²) in [7, 11) is 1.93. The van der Waals surface area contributed by atoms with Gasteiger partial charge in [0.1, 0.15) is 10.0 Å². The minimum absolute atomic E-state index is 0.218. The molecular weight excluding hydrogens is 268 g/mol. The molecule has 0 radical (unpaired) electrons. The van der Waals surface area contributed by atoms with Gasteiger partial charge in [0.15, 0.2) is 0 Å². The van der Waals surface area contributed by atoms with E-state index in [9.17, 15) is 0 Å². The molecule has 0 amide bonds. The summed E-state index contributed by atoms with van der Waals surface area (Å²) in [6.07, 6.45) is 0. The molecule has 3 rings (SSSR count). The second-order valence-electron chi connectivity index (χ2n) is 4.78. The van der Waals surface area contributed by atoms with Crippen molar-refractivity contribution in [3.05, 3.63) is 41.0 Å². The molecule has 0 spiro atoms. The molecule has 5 heteroatoms. The highest BCUT2D eigenvalue weighted by molar-refractivity contribution is 7.14. The Morgan fingerprint density at radius 1 is 1.20 bits per heavy atom. The number of para-hydroxylation sites is 1. The van der Waals surface area contributed by atoms with Crippen LogP contribution in [-0.2, 0) is 0 Å². The van der Waals surface area contributed by atoms with Gasteiger partial charge in [0.05, 0.1) is 11.6 Å². The summed E-state index contributed by atoms with van der Waals surface area (Å²) >= 11 is 1.63. The Bertz CT molecular complexity index is 750. The van der Waals surface area contributed by atoms with Crippen LogP contribution in [0.3, 0.4) is 0 Å². The molecule has 0 aliphatic rings. The van der Waals surface area contributed by atoms with E-state index in [2.05, 4.69) is 39.6 Å². The molecule has 3 aromatic rings. The average molecular weight is 284 g/mol. The molecule has 1 unspecified atom stereocenters. The lowest BCUT2D eigenvalue weighted by molar-refractivity contribution is 0.640. The van der Waals surface area contributed by atoms with Crippen molar-refractivity contribution in [1.29, 1.82) is 0 Å². The third kappa shape index (κ3) is 2.30. The van der Waals surface area contributed by atoms with Gasteiger partial charge in [0.2, 0.25) is 0 Å². The molecule has 0 saturated heterocycles. The van der Waals surface area contributed by atoms with Crippen molar-refractivity contribution in [3.63, 3.8) is 0 Å². The standard InChI is InChI=1S/C15H16N4S/c1-9-8-12(11-6-4-5-7-13(11)17-9)15-19-18-14(20-15)10(2)16-3/h4-8,10,16H,1-3H3. The Balaban J connectivity index is 2.16. The summed E-state index contributed by atoms with van der Waals surface area (Å²) in [5.41, 5.74) is 3.11. The zero-order valence-corrected chi connectivity index (χ0v) is 12.5. The van der Waals surface area contributed by atoms with Gasteiger partial charge in [-0.05, 0) is 33.0 Å². The maximum Gasteiger partial charge on any atom is 0.148 e. The predicted molar refractivity (Wildman–Crippen MR) is 82.9 cm³/mol. The highest BCUT2D eigenvalue weighted by Gasteiger charge is 2.14. The lowest BCUT2D eigenvalue weighted by Crippen LogP contribution is -2.11. The van der Waals surface area contributed by atoms with E-state index in [1.54, 1.807) is 11.3 Å². The maximum atomic E-state index is 4.56. The molecule has 102 valence electrons. The van der Waals surface area contributed by atoms with Crippen LogP contribution in [0.1, 0.15) is 23.7 Å². The van der Waals surface area contributed by atoms with E-state index in [-0.39, 0.29) is 6.04 Å². The number of nitrogens with one attached hydrogen (secondary N) is 1. The number of hydrogen-bond acceptors (Lipinski definition) is 5. The third-order valence-electron chi connectivity index (χ3n) is 3.32. The van der Waals surface area contributed by atoms with Gasteiger partial charge in [-0.3, -0.25) is 4.98 Å². The minimum atomic E-state index is 0.218. The Labute approximate surface area is 121 Å². The van der Waals surface area contributed by atoms with E-state index in [1.165, 1.54) is 0 Å². The van der Waals surface area contributed by atoms with Crippen molar-refractivity contribution in [3.8, 4) is 10.6 Å². The number of pyridine rings is 1. The van der Waals surface area contributed by atoms with E-state index >= 15 is 0 Å². The molecule has 2 heterocycles. The number of hydrogen-bond donors (Lipinski definition) is 1. The van der Waals surface area contributed by atoms with E-state index in [0.29, 0.717) is 0 Å². The van der Waals surface area contributed by atoms with Crippen molar-refractivity contribution in [2.24, 2.45) is 0 Å². The zero-order chi connectivity index (χ0) is 14.1. The molecule has 0 aliphatic heterocycles. The van der Waals surface area contributed by atoms with Gasteiger partial charge < -0.3 is 5.32 Å². The molecular formula is C15H16N4S. The number of aromatic nitrogens is 3. The van der Waals surface area contributed by atoms with Crippen LogP contribution < -0.4 is 5.32 Å². The first-order valence-electron chi connectivity index (χ1n) is 6.56. The van der Waals surface area contributed by atoms with Crippen LogP contribution in [0.5, 0.6) is 0 Å². The van der Waals surface area contributed by atoms with Crippen LogP contribution in [0.2, 0.25) is 0 Å². The first-order chi connectivity index (χ1) is 9.69. The Morgan fingerprint density at radius 2 is 2.00 bits per heavy atom. The number of rotatable bonds is 3. The van der Waals surface area contributed by atoms with Gasteiger partial charge in [-0.1, -0.05) is 29.5 Å². The van der Waals surface area contributed by atoms with Crippen LogP contribution in [0.4, 0.5) is 0 Å². The fourth-order valence-electron chi connectivity index (χ4n) is 2.13. The summed E-state index contributed by atoms with van der Waals surface area (Å²) < 4.78 is 0. The highest BCUT2D eigenvalue weighted by Crippen LogP contribution is 2.32. The Kier molecular flexibility index (Phi) is 3.46. The van der Waals surface area contributed by atoms with Crippen molar-refractivity contribution >= 4 is 22.2 Å². The van der Waals surface area contributed by atoms with Gasteiger partial charge in [-0.25, -0.2) is 0 Å². The monoisotopic (exact) mass is 284 g/mol. The second-order valence-corrected chi connectivity index (χ2v) is 5.79. The summed E-state index contributed by atoms with van der Waals surface area (Å²) in [6, 6.07) is 10.4. The van der Waals surface area contributed by atoms with Gasteiger partial charge in [0, 0.05) is 16.6 Å². The molecule has 20 heavy (non-hydrogen) atoms. The lowest BCUT2D eigenvalue weighted by Gasteiger charge is -2.05. The number of nitrogens with zero attached hydrogens (tertiary/aromatic N) is 3. The van der Waals surface area contributed by atoms with Crippen LogP contribution in [-0.4, -0.2) is 22.2 Å². The summed E-state index contributed by atoms with van der Waals surface area (Å²) in [6.45, 7) is 4.09. The summed E-state index contributed by atoms with van der Waals surface area (Å²) in [4.78, 5) is 4.56. The van der Waals surface area contributed by atoms with Gasteiger partial charge >= 0.3 is 0 Å². The third-order valence-corrected chi connectivity index (χ3v) is 4.46. The van der Waals surface area contributed by atoms with Crippen LogP contribution in [0, 0.1) is 6.92 Å². The van der Waals surface area contributed by atoms with E-state index < -0.39 is 0 Å². The molecule has 0 bridgehead atoms. The SMILES string of the molecule is CNC(C)c1nnc(-c2cc(C)nc3ccccc23)s1. The fraction of sp³-hybridized carbons (Fsp3) is 0.267.